The molecule has 7 nitrogen and oxygen atoms in total. The van der Waals surface area contributed by atoms with Crippen LogP contribution in [0.25, 0.3) is 0 Å². The van der Waals surface area contributed by atoms with Crippen molar-refractivity contribution in [2.24, 2.45) is 5.16 Å². The average Bonchev–Trinajstić information content (AvgIpc) is 2.73. The Balaban J connectivity index is 1.68. The second-order valence-electron chi connectivity index (χ2n) is 6.50. The first-order chi connectivity index (χ1) is 15.1. The van der Waals surface area contributed by atoms with Gasteiger partial charge < -0.3 is 9.57 Å². The van der Waals surface area contributed by atoms with Gasteiger partial charge in [-0.2, -0.15) is 13.2 Å². The number of aromatic nitrogens is 1. The molecule has 0 fully saturated rings. The van der Waals surface area contributed by atoms with Gasteiger partial charge >= 0.3 is 6.18 Å². The van der Waals surface area contributed by atoms with E-state index in [9.17, 15) is 23.3 Å². The van der Waals surface area contributed by atoms with Crippen LogP contribution in [0.1, 0.15) is 23.6 Å². The first-order valence-electron chi connectivity index (χ1n) is 9.04. The quantitative estimate of drug-likeness (QED) is 0.229. The van der Waals surface area contributed by atoms with Gasteiger partial charge in [-0.05, 0) is 42.8 Å². The molecule has 0 radical (unpaired) electrons. The lowest BCUT2D eigenvalue weighted by atomic mass is 10.0. The van der Waals surface area contributed by atoms with Gasteiger partial charge in [0.05, 0.1) is 16.2 Å². The normalized spacial score (nSPS) is 11.8. The summed E-state index contributed by atoms with van der Waals surface area (Å²) in [7, 11) is 0. The molecule has 11 heteroatoms. The van der Waals surface area contributed by atoms with Crippen molar-refractivity contribution in [3.05, 3.63) is 92.6 Å². The second kappa shape index (κ2) is 9.65. The number of pyridine rings is 1. The van der Waals surface area contributed by atoms with Gasteiger partial charge in [0.2, 0.25) is 5.88 Å². The van der Waals surface area contributed by atoms with E-state index in [4.69, 9.17) is 21.2 Å². The van der Waals surface area contributed by atoms with Crippen LogP contribution in [0.2, 0.25) is 5.02 Å². The molecule has 0 saturated heterocycles. The van der Waals surface area contributed by atoms with Gasteiger partial charge in [-0.25, -0.2) is 4.98 Å². The van der Waals surface area contributed by atoms with Gasteiger partial charge in [-0.1, -0.05) is 28.9 Å². The van der Waals surface area contributed by atoms with Crippen molar-refractivity contribution < 1.29 is 27.7 Å². The molecule has 166 valence electrons. The number of hydrogen-bond donors (Lipinski definition) is 0. The van der Waals surface area contributed by atoms with E-state index in [1.165, 1.54) is 25.1 Å². The molecular formula is C21H15ClF3N3O4. The molecule has 0 aliphatic carbocycles. The van der Waals surface area contributed by atoms with Crippen LogP contribution in [0.3, 0.4) is 0 Å². The largest absolute Gasteiger partial charge is 0.439 e. The van der Waals surface area contributed by atoms with E-state index in [-0.39, 0.29) is 34.5 Å². The maximum atomic E-state index is 13.2. The van der Waals surface area contributed by atoms with Gasteiger partial charge in [0.25, 0.3) is 5.69 Å². The molecule has 0 N–H and O–H groups in total. The van der Waals surface area contributed by atoms with E-state index >= 15 is 0 Å². The molecule has 0 atom stereocenters. The van der Waals surface area contributed by atoms with Crippen LogP contribution in [0.4, 0.5) is 18.9 Å². The topological polar surface area (TPSA) is 86.8 Å². The molecule has 1 aromatic heterocycles. The summed E-state index contributed by atoms with van der Waals surface area (Å²) in [5, 5.41) is 14.6. The van der Waals surface area contributed by atoms with E-state index in [1.54, 1.807) is 24.3 Å². The summed E-state index contributed by atoms with van der Waals surface area (Å²) in [4.78, 5) is 19.2. The van der Waals surface area contributed by atoms with Crippen LogP contribution in [0.15, 0.2) is 65.9 Å². The zero-order valence-electron chi connectivity index (χ0n) is 16.5. The van der Waals surface area contributed by atoms with Crippen LogP contribution in [0.5, 0.6) is 11.6 Å². The van der Waals surface area contributed by atoms with Crippen molar-refractivity contribution in [3.63, 3.8) is 0 Å². The summed E-state index contributed by atoms with van der Waals surface area (Å²) >= 11 is 5.83. The minimum atomic E-state index is -4.56. The van der Waals surface area contributed by atoms with E-state index in [1.807, 2.05) is 0 Å². The zero-order valence-corrected chi connectivity index (χ0v) is 17.2. The number of halogens is 4. The summed E-state index contributed by atoms with van der Waals surface area (Å²) in [5.74, 6) is 0.547. The predicted octanol–water partition coefficient (Wildman–Crippen LogP) is 6.40. The molecule has 3 aromatic rings. The van der Waals surface area contributed by atoms with Crippen LogP contribution in [0, 0.1) is 10.1 Å². The number of nitrogens with zero attached hydrogens (tertiary/aromatic N) is 3. The molecule has 0 amide bonds. The summed E-state index contributed by atoms with van der Waals surface area (Å²) in [5.41, 5.74) is -0.560. The Labute approximate surface area is 185 Å². The Morgan fingerprint density at radius 3 is 2.62 bits per heavy atom. The Kier molecular flexibility index (Phi) is 6.94. The van der Waals surface area contributed by atoms with Crippen molar-refractivity contribution in [1.82, 2.24) is 4.98 Å². The fourth-order valence-electron chi connectivity index (χ4n) is 2.68. The number of oxime groups is 1. The highest BCUT2D eigenvalue weighted by Crippen LogP contribution is 2.33. The number of ether oxygens (including phenoxy) is 1. The third-order valence-electron chi connectivity index (χ3n) is 4.16. The van der Waals surface area contributed by atoms with Gasteiger partial charge in [0.1, 0.15) is 18.6 Å². The number of hydrogen-bond acceptors (Lipinski definition) is 6. The molecule has 0 saturated carbocycles. The third-order valence-corrected chi connectivity index (χ3v) is 4.40. The highest BCUT2D eigenvalue weighted by molar-refractivity contribution is 6.31. The average molecular weight is 466 g/mol. The lowest BCUT2D eigenvalue weighted by Crippen LogP contribution is -2.12. The molecule has 0 aliphatic rings. The Morgan fingerprint density at radius 2 is 1.97 bits per heavy atom. The molecule has 0 spiro atoms. The maximum absolute atomic E-state index is 13.2. The standard InChI is InChI=1S/C21H15ClF3N3O4/c1-13(18-10-15(22)5-7-19(18)21(23,24)25)27-31-12-14-3-2-4-17(9-14)32-20-8-6-16(11-26-20)28(29)30/h2-11H,12H2,1H3. The molecular weight excluding hydrogens is 451 g/mol. The predicted molar refractivity (Wildman–Crippen MR) is 111 cm³/mol. The molecule has 32 heavy (non-hydrogen) atoms. The van der Waals surface area contributed by atoms with Gasteiger partial charge in [0.15, 0.2) is 0 Å². The van der Waals surface area contributed by atoms with Gasteiger partial charge in [0, 0.05) is 22.7 Å². The Hall–Kier alpha value is -3.66. The van der Waals surface area contributed by atoms with Crippen LogP contribution < -0.4 is 4.74 Å². The van der Waals surface area contributed by atoms with Gasteiger partial charge in [-0.3, -0.25) is 10.1 Å². The smallest absolute Gasteiger partial charge is 0.417 e. The summed E-state index contributed by atoms with van der Waals surface area (Å²) < 4.78 is 45.2. The minimum absolute atomic E-state index is 0.0160. The van der Waals surface area contributed by atoms with Gasteiger partial charge in [-0.15, -0.1) is 0 Å². The Morgan fingerprint density at radius 1 is 1.19 bits per heavy atom. The zero-order chi connectivity index (χ0) is 23.3. The molecule has 0 bridgehead atoms. The lowest BCUT2D eigenvalue weighted by Gasteiger charge is -2.13. The van der Waals surface area contributed by atoms with E-state index in [0.717, 1.165) is 18.3 Å². The monoisotopic (exact) mass is 465 g/mol. The van der Waals surface area contributed by atoms with Crippen molar-refractivity contribution >= 4 is 23.0 Å². The summed E-state index contributed by atoms with van der Waals surface area (Å²) in [6.45, 7) is 1.35. The second-order valence-corrected chi connectivity index (χ2v) is 6.94. The van der Waals surface area contributed by atoms with Crippen molar-refractivity contribution in [3.8, 4) is 11.6 Å². The molecule has 2 aromatic carbocycles. The molecule has 3 rings (SSSR count). The van der Waals surface area contributed by atoms with E-state index < -0.39 is 16.7 Å². The number of benzene rings is 2. The van der Waals surface area contributed by atoms with E-state index in [2.05, 4.69) is 10.1 Å². The van der Waals surface area contributed by atoms with E-state index in [0.29, 0.717) is 11.3 Å². The summed E-state index contributed by atoms with van der Waals surface area (Å²) in [6.07, 6.45) is -3.49. The number of nitro groups is 1. The lowest BCUT2D eigenvalue weighted by molar-refractivity contribution is -0.385. The third kappa shape index (κ3) is 5.94. The highest BCUT2D eigenvalue weighted by Gasteiger charge is 2.34. The highest BCUT2D eigenvalue weighted by atomic mass is 35.5. The van der Waals surface area contributed by atoms with Crippen LogP contribution >= 0.6 is 11.6 Å². The van der Waals surface area contributed by atoms with Crippen LogP contribution in [-0.2, 0) is 17.6 Å². The number of alkyl halides is 3. The number of rotatable bonds is 7. The fourth-order valence-corrected chi connectivity index (χ4v) is 2.85. The first kappa shape index (κ1) is 23.0. The first-order valence-corrected chi connectivity index (χ1v) is 9.42. The molecule has 1 heterocycles. The maximum Gasteiger partial charge on any atom is 0.417 e. The molecule has 0 unspecified atom stereocenters. The Bertz CT molecular complexity index is 1150. The van der Waals surface area contributed by atoms with Crippen LogP contribution in [-0.4, -0.2) is 15.6 Å². The summed E-state index contributed by atoms with van der Waals surface area (Å²) in [6, 6.07) is 12.5. The van der Waals surface area contributed by atoms with Crippen molar-refractivity contribution in [2.75, 3.05) is 0 Å². The fraction of sp³-hybridized carbons (Fsp3) is 0.143. The van der Waals surface area contributed by atoms with Crippen molar-refractivity contribution in [2.45, 2.75) is 19.7 Å². The van der Waals surface area contributed by atoms with Crippen molar-refractivity contribution in [1.29, 1.82) is 0 Å². The SMILES string of the molecule is CC(=NOCc1cccc(Oc2ccc([N+](=O)[O-])cn2)c1)c1cc(Cl)ccc1C(F)(F)F. The minimum Gasteiger partial charge on any atom is -0.439 e. The molecule has 0 aliphatic heterocycles.